The van der Waals surface area contributed by atoms with Gasteiger partial charge in [-0.2, -0.15) is 0 Å². The summed E-state index contributed by atoms with van der Waals surface area (Å²) in [5.74, 6) is 1.15. The van der Waals surface area contributed by atoms with Crippen LogP contribution in [-0.2, 0) is 0 Å². The normalized spacial score (nSPS) is 23.0. The van der Waals surface area contributed by atoms with E-state index in [-0.39, 0.29) is 12.1 Å². The van der Waals surface area contributed by atoms with Crippen LogP contribution in [0.4, 0.5) is 5.82 Å². The highest BCUT2D eigenvalue weighted by Gasteiger charge is 2.34. The molecule has 5 rings (SSSR count). The van der Waals surface area contributed by atoms with Crippen LogP contribution >= 0.6 is 11.6 Å². The molecule has 3 aromatic heterocycles. The lowest BCUT2D eigenvalue weighted by Crippen LogP contribution is -2.49. The van der Waals surface area contributed by atoms with Gasteiger partial charge in [0, 0.05) is 38.4 Å². The van der Waals surface area contributed by atoms with Gasteiger partial charge >= 0.3 is 0 Å². The van der Waals surface area contributed by atoms with Gasteiger partial charge in [0.05, 0.1) is 23.5 Å². The third kappa shape index (κ3) is 4.13. The fourth-order valence-corrected chi connectivity index (χ4v) is 5.96. The number of fused-ring (bicyclic) bond motifs is 1. The minimum atomic E-state index is 0.184. The van der Waals surface area contributed by atoms with Crippen molar-refractivity contribution < 1.29 is 0 Å². The SMILES string of the molecule is Cc1cccnc1[C@@H]1CCC[C@H](c2nc3cccc(N4CCN(C(C)C)CC4)n3c2Cl)N1C. The van der Waals surface area contributed by atoms with Crippen LogP contribution in [0.3, 0.4) is 0 Å². The molecule has 0 aliphatic carbocycles. The first-order valence-electron chi connectivity index (χ1n) is 12.2. The van der Waals surface area contributed by atoms with E-state index >= 15 is 0 Å². The molecule has 6 nitrogen and oxygen atoms in total. The Balaban J connectivity index is 1.47. The zero-order chi connectivity index (χ0) is 23.1. The summed E-state index contributed by atoms with van der Waals surface area (Å²) in [6.07, 6.45) is 5.22. The van der Waals surface area contributed by atoms with Gasteiger partial charge in [0.2, 0.25) is 0 Å². The molecule has 7 heteroatoms. The van der Waals surface area contributed by atoms with E-state index in [0.717, 1.165) is 67.8 Å². The molecule has 2 atom stereocenters. The molecule has 0 unspecified atom stereocenters. The van der Waals surface area contributed by atoms with Crippen molar-refractivity contribution in [3.05, 3.63) is 58.6 Å². The summed E-state index contributed by atoms with van der Waals surface area (Å²) >= 11 is 7.11. The smallest absolute Gasteiger partial charge is 0.139 e. The first-order chi connectivity index (χ1) is 16.0. The van der Waals surface area contributed by atoms with Crippen molar-refractivity contribution in [1.82, 2.24) is 24.2 Å². The zero-order valence-corrected chi connectivity index (χ0v) is 21.0. The Morgan fingerprint density at radius 2 is 1.70 bits per heavy atom. The van der Waals surface area contributed by atoms with Gasteiger partial charge in [0.1, 0.15) is 16.6 Å². The Hall–Kier alpha value is -2.15. The molecular formula is C26H35ClN6. The number of aromatic nitrogens is 3. The van der Waals surface area contributed by atoms with E-state index in [2.05, 4.69) is 71.2 Å². The lowest BCUT2D eigenvalue weighted by molar-refractivity contribution is 0.109. The van der Waals surface area contributed by atoms with Crippen LogP contribution in [0.5, 0.6) is 0 Å². The molecule has 176 valence electrons. The molecular weight excluding hydrogens is 432 g/mol. The Morgan fingerprint density at radius 1 is 0.970 bits per heavy atom. The second-order valence-electron chi connectivity index (χ2n) is 9.82. The number of nitrogens with zero attached hydrogens (tertiary/aromatic N) is 6. The molecule has 3 aromatic rings. The van der Waals surface area contributed by atoms with Crippen LogP contribution in [0.15, 0.2) is 36.5 Å². The number of pyridine rings is 2. The van der Waals surface area contributed by atoms with E-state index in [1.165, 1.54) is 11.3 Å². The second-order valence-corrected chi connectivity index (χ2v) is 10.2. The molecule has 2 aliphatic heterocycles. The molecule has 2 aliphatic rings. The van der Waals surface area contributed by atoms with Crippen molar-refractivity contribution in [2.75, 3.05) is 38.1 Å². The number of piperazine rings is 1. The summed E-state index contributed by atoms with van der Waals surface area (Å²) in [5.41, 5.74) is 4.35. The maximum absolute atomic E-state index is 7.11. The monoisotopic (exact) mass is 466 g/mol. The Bertz CT molecular complexity index is 1120. The van der Waals surface area contributed by atoms with Crippen LogP contribution in [0.2, 0.25) is 5.15 Å². The minimum Gasteiger partial charge on any atom is -0.355 e. The van der Waals surface area contributed by atoms with Gasteiger partial charge in [-0.05, 0) is 70.8 Å². The summed E-state index contributed by atoms with van der Waals surface area (Å²) in [7, 11) is 2.20. The Labute approximate surface area is 202 Å². The van der Waals surface area contributed by atoms with E-state index in [1.54, 1.807) is 0 Å². The number of hydrogen-bond acceptors (Lipinski definition) is 5. The van der Waals surface area contributed by atoms with E-state index in [0.29, 0.717) is 6.04 Å². The van der Waals surface area contributed by atoms with Crippen molar-refractivity contribution in [2.45, 2.75) is 58.2 Å². The number of hydrogen-bond donors (Lipinski definition) is 0. The first-order valence-corrected chi connectivity index (χ1v) is 12.6. The third-order valence-corrected chi connectivity index (χ3v) is 7.94. The number of anilines is 1. The summed E-state index contributed by atoms with van der Waals surface area (Å²) < 4.78 is 2.16. The summed E-state index contributed by atoms with van der Waals surface area (Å²) in [4.78, 5) is 17.2. The maximum atomic E-state index is 7.11. The molecule has 0 N–H and O–H groups in total. The van der Waals surface area contributed by atoms with Crippen LogP contribution < -0.4 is 4.90 Å². The average molecular weight is 467 g/mol. The predicted molar refractivity (Wildman–Crippen MR) is 135 cm³/mol. The largest absolute Gasteiger partial charge is 0.355 e. The van der Waals surface area contributed by atoms with Crippen molar-refractivity contribution >= 4 is 23.1 Å². The molecule has 2 saturated heterocycles. The standard InChI is InChI=1S/C26H35ClN6/c1-18(2)31-14-16-32(17-15-31)23-12-6-11-22-29-25(26(27)33(22)23)21-10-5-9-20(30(21)4)24-19(3)8-7-13-28-24/h6-8,11-13,18,20-21H,5,9-10,14-17H2,1-4H3/t20-,21+/m0/s1. The van der Waals surface area contributed by atoms with E-state index in [1.807, 2.05) is 12.3 Å². The first kappa shape index (κ1) is 22.6. The van der Waals surface area contributed by atoms with Crippen LogP contribution in [0.1, 0.15) is 62.1 Å². The molecule has 0 aromatic carbocycles. The molecule has 0 bridgehead atoms. The van der Waals surface area contributed by atoms with Gasteiger partial charge in [-0.15, -0.1) is 0 Å². The second kappa shape index (κ2) is 9.24. The summed E-state index contributed by atoms with van der Waals surface area (Å²) in [6.45, 7) is 10.9. The third-order valence-electron chi connectivity index (χ3n) is 7.58. The van der Waals surface area contributed by atoms with Crippen molar-refractivity contribution in [2.24, 2.45) is 0 Å². The number of piperidine rings is 1. The maximum Gasteiger partial charge on any atom is 0.139 e. The van der Waals surface area contributed by atoms with Gasteiger partial charge < -0.3 is 4.90 Å². The van der Waals surface area contributed by atoms with E-state index in [4.69, 9.17) is 21.6 Å². The number of rotatable bonds is 4. The fraction of sp³-hybridized carbons (Fsp3) is 0.538. The highest BCUT2D eigenvalue weighted by molar-refractivity contribution is 6.30. The van der Waals surface area contributed by atoms with Gasteiger partial charge in [0.25, 0.3) is 0 Å². The number of likely N-dealkylation sites (tertiary alicyclic amines) is 1. The molecule has 33 heavy (non-hydrogen) atoms. The molecule has 5 heterocycles. The minimum absolute atomic E-state index is 0.184. The van der Waals surface area contributed by atoms with E-state index < -0.39 is 0 Å². The number of imidazole rings is 1. The lowest BCUT2D eigenvalue weighted by atomic mass is 9.91. The van der Waals surface area contributed by atoms with Crippen LogP contribution in [0.25, 0.3) is 5.65 Å². The molecule has 0 amide bonds. The number of aryl methyl sites for hydroxylation is 1. The number of halogens is 1. The van der Waals surface area contributed by atoms with Crippen LogP contribution in [-0.4, -0.2) is 63.4 Å². The van der Waals surface area contributed by atoms with Crippen LogP contribution in [0, 0.1) is 6.92 Å². The van der Waals surface area contributed by atoms with E-state index in [9.17, 15) is 0 Å². The Kier molecular flexibility index (Phi) is 6.34. The van der Waals surface area contributed by atoms with Gasteiger partial charge in [-0.3, -0.25) is 19.2 Å². The highest BCUT2D eigenvalue weighted by atomic mass is 35.5. The van der Waals surface area contributed by atoms with Crippen molar-refractivity contribution in [3.63, 3.8) is 0 Å². The summed E-state index contributed by atoms with van der Waals surface area (Å²) in [6, 6.07) is 11.6. The molecule has 0 saturated carbocycles. The predicted octanol–water partition coefficient (Wildman–Crippen LogP) is 5.12. The zero-order valence-electron chi connectivity index (χ0n) is 20.2. The van der Waals surface area contributed by atoms with Gasteiger partial charge in [0.15, 0.2) is 0 Å². The Morgan fingerprint density at radius 3 is 2.39 bits per heavy atom. The highest BCUT2D eigenvalue weighted by Crippen LogP contribution is 2.42. The molecule has 0 radical (unpaired) electrons. The molecule has 2 fully saturated rings. The average Bonchev–Trinajstić information content (AvgIpc) is 3.16. The summed E-state index contributed by atoms with van der Waals surface area (Å²) in [5, 5.41) is 0.752. The van der Waals surface area contributed by atoms with Gasteiger partial charge in [-0.25, -0.2) is 4.98 Å². The molecule has 0 spiro atoms. The van der Waals surface area contributed by atoms with Gasteiger partial charge in [-0.1, -0.05) is 23.7 Å². The fourth-order valence-electron chi connectivity index (χ4n) is 5.62. The lowest BCUT2D eigenvalue weighted by Gasteiger charge is -2.39. The van der Waals surface area contributed by atoms with Crippen molar-refractivity contribution in [1.29, 1.82) is 0 Å². The van der Waals surface area contributed by atoms with Crippen molar-refractivity contribution in [3.8, 4) is 0 Å². The topological polar surface area (TPSA) is 39.9 Å². The quantitative estimate of drug-likeness (QED) is 0.533.